The second kappa shape index (κ2) is 5.44. The van der Waals surface area contributed by atoms with Crippen molar-refractivity contribution in [2.45, 2.75) is 12.3 Å². The summed E-state index contributed by atoms with van der Waals surface area (Å²) < 4.78 is 28.6. The zero-order valence-electron chi connectivity index (χ0n) is 10.6. The van der Waals surface area contributed by atoms with Crippen LogP contribution in [0.1, 0.15) is 11.1 Å². The van der Waals surface area contributed by atoms with E-state index in [2.05, 4.69) is 12.2 Å². The van der Waals surface area contributed by atoms with Crippen LogP contribution >= 0.6 is 0 Å². The fraction of sp³-hybridized carbons (Fsp3) is 0.333. The number of benzene rings is 1. The number of nitrogens with zero attached hydrogens (tertiary/aromatic N) is 2. The van der Waals surface area contributed by atoms with Crippen molar-refractivity contribution in [3.8, 4) is 0 Å². The van der Waals surface area contributed by atoms with Gasteiger partial charge in [0.25, 0.3) is 11.6 Å². The minimum absolute atomic E-state index is 0. The number of hydrogen-bond donors (Lipinski definition) is 0. The first-order valence-electron chi connectivity index (χ1n) is 5.39. The zero-order chi connectivity index (χ0) is 14.4. The van der Waals surface area contributed by atoms with Gasteiger partial charge in [0.2, 0.25) is 0 Å². The summed E-state index contributed by atoms with van der Waals surface area (Å²) in [6.45, 7) is 3.32. The Morgan fingerprint density at radius 3 is 2.60 bits per heavy atom. The normalized spacial score (nSPS) is 22.6. The fourth-order valence-corrected chi connectivity index (χ4v) is 2.24. The molecule has 0 saturated heterocycles. The van der Waals surface area contributed by atoms with Crippen molar-refractivity contribution in [1.82, 2.24) is 0 Å². The molecule has 1 unspecified atom stereocenters. The van der Waals surface area contributed by atoms with Crippen molar-refractivity contribution in [1.29, 1.82) is 0 Å². The van der Waals surface area contributed by atoms with Gasteiger partial charge in [0.1, 0.15) is 0 Å². The third kappa shape index (κ3) is 2.26. The number of hydrogen-bond acceptors (Lipinski definition) is 3. The topological polar surface area (TPSA) is 74.3 Å². The average molecular weight is 357 g/mol. The Kier molecular flexibility index (Phi) is 4.66. The molecule has 20 heavy (non-hydrogen) atoms. The number of amides is 1. The SMILES string of the molecule is [CH2-]C1(C(=O)[N-]C)Cc2ccc([N+](=O)[O-])cc2C1(F)F.[Y]. The monoisotopic (exact) mass is 357 g/mol. The van der Waals surface area contributed by atoms with Gasteiger partial charge in [-0.15, -0.1) is 7.05 Å². The Hall–Kier alpha value is -0.946. The molecule has 0 fully saturated rings. The van der Waals surface area contributed by atoms with Crippen LogP contribution in [0.3, 0.4) is 0 Å². The molecule has 0 heterocycles. The van der Waals surface area contributed by atoms with Crippen LogP contribution in [0.25, 0.3) is 5.32 Å². The average Bonchev–Trinajstić information content (AvgIpc) is 2.56. The molecule has 1 radical (unpaired) electrons. The van der Waals surface area contributed by atoms with Crippen molar-refractivity contribution in [2.24, 2.45) is 5.41 Å². The van der Waals surface area contributed by atoms with Gasteiger partial charge < -0.3 is 17.0 Å². The second-order valence-corrected chi connectivity index (χ2v) is 4.46. The number of alkyl halides is 2. The van der Waals surface area contributed by atoms with Crippen LogP contribution in [-0.2, 0) is 49.8 Å². The van der Waals surface area contributed by atoms with E-state index in [1.807, 2.05) is 0 Å². The van der Waals surface area contributed by atoms with Gasteiger partial charge in [-0.05, 0) is 17.4 Å². The summed E-state index contributed by atoms with van der Waals surface area (Å²) in [5.74, 6) is -4.60. The molecule has 0 bridgehead atoms. The van der Waals surface area contributed by atoms with Crippen LogP contribution in [0.4, 0.5) is 14.5 Å². The molecule has 5 nitrogen and oxygen atoms in total. The molecule has 1 aromatic carbocycles. The van der Waals surface area contributed by atoms with Gasteiger partial charge in [-0.1, -0.05) is 6.07 Å². The van der Waals surface area contributed by atoms with E-state index in [0.29, 0.717) is 0 Å². The van der Waals surface area contributed by atoms with E-state index in [0.717, 1.165) is 19.2 Å². The zero-order valence-corrected chi connectivity index (χ0v) is 13.4. The van der Waals surface area contributed by atoms with E-state index in [9.17, 15) is 23.7 Å². The summed E-state index contributed by atoms with van der Waals surface area (Å²) in [5.41, 5.74) is -3.00. The third-order valence-corrected chi connectivity index (χ3v) is 3.35. The van der Waals surface area contributed by atoms with E-state index < -0.39 is 33.4 Å². The van der Waals surface area contributed by atoms with Gasteiger partial charge in [-0.25, -0.2) is 8.78 Å². The number of carbonyl (C=O) groups excluding carboxylic acids is 1. The molecule has 0 aliphatic heterocycles. The van der Waals surface area contributed by atoms with Gasteiger partial charge >= 0.3 is 0 Å². The molecule has 1 atom stereocenters. The molecule has 2 rings (SSSR count). The van der Waals surface area contributed by atoms with E-state index in [4.69, 9.17) is 0 Å². The van der Waals surface area contributed by atoms with E-state index >= 15 is 0 Å². The summed E-state index contributed by atoms with van der Waals surface area (Å²) in [6, 6.07) is 3.16. The Morgan fingerprint density at radius 1 is 1.50 bits per heavy atom. The van der Waals surface area contributed by atoms with Gasteiger partial charge in [0.05, 0.1) is 4.92 Å². The van der Waals surface area contributed by atoms with Crippen molar-refractivity contribution >= 4 is 11.6 Å². The first-order valence-corrected chi connectivity index (χ1v) is 5.39. The summed E-state index contributed by atoms with van der Waals surface area (Å²) in [7, 11) is 1.12. The minimum Gasteiger partial charge on any atom is -0.658 e. The molecule has 1 aromatic rings. The largest absolute Gasteiger partial charge is 0.658 e. The maximum Gasteiger partial charge on any atom is 0.269 e. The van der Waals surface area contributed by atoms with Crippen LogP contribution in [0.15, 0.2) is 18.2 Å². The first kappa shape index (κ1) is 17.1. The third-order valence-electron chi connectivity index (χ3n) is 3.35. The van der Waals surface area contributed by atoms with Gasteiger partial charge in [-0.2, -0.15) is 0 Å². The molecule has 8 heteroatoms. The maximum atomic E-state index is 14.3. The predicted molar refractivity (Wildman–Crippen MR) is 62.8 cm³/mol. The molecule has 1 aliphatic rings. The molecule has 0 spiro atoms. The number of nitro benzene ring substituents is 1. The van der Waals surface area contributed by atoms with E-state index in [-0.39, 0.29) is 44.7 Å². The van der Waals surface area contributed by atoms with Crippen LogP contribution in [-0.4, -0.2) is 17.9 Å². The summed E-state index contributed by atoms with van der Waals surface area (Å²) in [5, 5.41) is 13.9. The second-order valence-electron chi connectivity index (χ2n) is 4.46. The molecule has 0 aromatic heterocycles. The molecule has 105 valence electrons. The molecule has 0 N–H and O–H groups in total. The Morgan fingerprint density at radius 2 is 2.10 bits per heavy atom. The Balaban J connectivity index is 0.00000200. The van der Waals surface area contributed by atoms with Crippen molar-refractivity contribution < 1.29 is 51.2 Å². The number of nitro groups is 1. The standard InChI is InChI=1S/C12H11F2N2O3.Y/c1-11(10(17)15-2)6-7-3-4-8(16(18)19)5-9(7)12(11,13)14;/h3-5H,1,6H2,2H3,(H,15,17);/q-1;/p-1. The number of rotatable bonds is 2. The molecule has 0 saturated carbocycles. The first-order chi connectivity index (χ1) is 8.74. The van der Waals surface area contributed by atoms with Crippen molar-refractivity contribution in [2.75, 3.05) is 7.05 Å². The van der Waals surface area contributed by atoms with Crippen molar-refractivity contribution in [3.63, 3.8) is 0 Å². The Labute approximate surface area is 139 Å². The molecular formula is C12H10F2N2O3Y-2. The molecular weight excluding hydrogens is 347 g/mol. The number of non-ortho nitro benzene ring substituents is 1. The summed E-state index contributed by atoms with van der Waals surface area (Å²) in [6.07, 6.45) is -0.288. The molecule has 1 aliphatic carbocycles. The minimum atomic E-state index is -3.58. The van der Waals surface area contributed by atoms with Crippen LogP contribution in [0.5, 0.6) is 0 Å². The van der Waals surface area contributed by atoms with E-state index in [1.165, 1.54) is 6.07 Å². The van der Waals surface area contributed by atoms with Crippen molar-refractivity contribution in [3.05, 3.63) is 51.7 Å². The van der Waals surface area contributed by atoms with Crippen LogP contribution in [0.2, 0.25) is 0 Å². The van der Waals surface area contributed by atoms with Crippen LogP contribution < -0.4 is 0 Å². The van der Waals surface area contributed by atoms with Gasteiger partial charge in [0, 0.05) is 56.3 Å². The maximum absolute atomic E-state index is 14.3. The van der Waals surface area contributed by atoms with Gasteiger partial charge in [-0.3, -0.25) is 10.1 Å². The Bertz CT molecular complexity index is 580. The summed E-state index contributed by atoms with van der Waals surface area (Å²) in [4.78, 5) is 21.5. The predicted octanol–water partition coefficient (Wildman–Crippen LogP) is 2.59. The van der Waals surface area contributed by atoms with Gasteiger partial charge in [0.15, 0.2) is 0 Å². The van der Waals surface area contributed by atoms with Crippen LogP contribution in [0, 0.1) is 22.5 Å². The summed E-state index contributed by atoms with van der Waals surface area (Å²) >= 11 is 0. The molecule has 1 amide bonds. The van der Waals surface area contributed by atoms with E-state index in [1.54, 1.807) is 0 Å². The number of fused-ring (bicyclic) bond motifs is 1. The fourth-order valence-electron chi connectivity index (χ4n) is 2.24. The smallest absolute Gasteiger partial charge is 0.269 e. The quantitative estimate of drug-likeness (QED) is 0.464. The number of halogens is 2. The number of carbonyl (C=O) groups is 1.